The Bertz CT molecular complexity index is 568. The summed E-state index contributed by atoms with van der Waals surface area (Å²) in [5.41, 5.74) is 3.44. The van der Waals surface area contributed by atoms with Crippen LogP contribution in [0.4, 0.5) is 0 Å². The predicted molar refractivity (Wildman–Crippen MR) is 81.8 cm³/mol. The molecular formula is C18H20O2. The van der Waals surface area contributed by atoms with Gasteiger partial charge in [-0.3, -0.25) is 4.79 Å². The minimum Gasteiger partial charge on any atom is -0.481 e. The van der Waals surface area contributed by atoms with Crippen LogP contribution < -0.4 is 0 Å². The molecule has 0 unspecified atom stereocenters. The molecule has 0 bridgehead atoms. The monoisotopic (exact) mass is 268 g/mol. The Balaban J connectivity index is 2.17. The number of carbonyl (C=O) groups is 1. The molecule has 104 valence electrons. The highest BCUT2D eigenvalue weighted by Crippen LogP contribution is 2.30. The van der Waals surface area contributed by atoms with Crippen LogP contribution in [0.5, 0.6) is 0 Å². The highest BCUT2D eigenvalue weighted by Gasteiger charge is 2.21. The van der Waals surface area contributed by atoms with Crippen molar-refractivity contribution in [2.75, 3.05) is 0 Å². The highest BCUT2D eigenvalue weighted by molar-refractivity contribution is 5.67. The molecule has 0 aromatic heterocycles. The summed E-state index contributed by atoms with van der Waals surface area (Å²) in [6, 6.07) is 18.6. The third kappa shape index (κ3) is 3.47. The zero-order chi connectivity index (χ0) is 14.6. The molecule has 2 aromatic rings. The smallest absolute Gasteiger partial charge is 0.303 e. The Hall–Kier alpha value is -2.09. The average molecular weight is 268 g/mol. The summed E-state index contributed by atoms with van der Waals surface area (Å²) in [5, 5.41) is 8.82. The van der Waals surface area contributed by atoms with E-state index in [1.165, 1.54) is 16.7 Å². The second-order valence-electron chi connectivity index (χ2n) is 5.72. The second-order valence-corrected chi connectivity index (χ2v) is 5.72. The van der Waals surface area contributed by atoms with Crippen LogP contribution in [0.15, 0.2) is 54.6 Å². The van der Waals surface area contributed by atoms with Crippen LogP contribution in [0.3, 0.4) is 0 Å². The molecule has 2 aromatic carbocycles. The van der Waals surface area contributed by atoms with Crippen molar-refractivity contribution in [1.82, 2.24) is 0 Å². The van der Waals surface area contributed by atoms with Crippen molar-refractivity contribution >= 4 is 5.97 Å². The summed E-state index contributed by atoms with van der Waals surface area (Å²) >= 11 is 0. The van der Waals surface area contributed by atoms with Crippen LogP contribution in [0.2, 0.25) is 0 Å². The molecule has 20 heavy (non-hydrogen) atoms. The topological polar surface area (TPSA) is 37.3 Å². The van der Waals surface area contributed by atoms with E-state index in [-0.39, 0.29) is 11.8 Å². The van der Waals surface area contributed by atoms with E-state index in [0.717, 1.165) is 0 Å². The van der Waals surface area contributed by atoms with E-state index < -0.39 is 5.97 Å². The van der Waals surface area contributed by atoms with Crippen LogP contribution >= 0.6 is 0 Å². The van der Waals surface area contributed by atoms with E-state index in [0.29, 0.717) is 6.42 Å². The van der Waals surface area contributed by atoms with Gasteiger partial charge < -0.3 is 5.11 Å². The molecule has 0 saturated heterocycles. The lowest BCUT2D eigenvalue weighted by Gasteiger charge is -2.24. The Labute approximate surface area is 120 Å². The first kappa shape index (κ1) is 14.3. The van der Waals surface area contributed by atoms with Crippen molar-refractivity contribution < 1.29 is 9.90 Å². The molecule has 0 atom stereocenters. The van der Waals surface area contributed by atoms with E-state index in [9.17, 15) is 4.79 Å². The van der Waals surface area contributed by atoms with Crippen molar-refractivity contribution in [3.8, 4) is 11.1 Å². The van der Waals surface area contributed by atoms with Gasteiger partial charge in [0.15, 0.2) is 0 Å². The molecular weight excluding hydrogens is 248 g/mol. The van der Waals surface area contributed by atoms with Crippen molar-refractivity contribution in [2.45, 2.75) is 32.1 Å². The maximum absolute atomic E-state index is 10.7. The van der Waals surface area contributed by atoms with Crippen molar-refractivity contribution in [1.29, 1.82) is 0 Å². The fraction of sp³-hybridized carbons (Fsp3) is 0.278. The molecule has 0 aliphatic carbocycles. The van der Waals surface area contributed by atoms with Gasteiger partial charge in [-0.15, -0.1) is 0 Å². The third-order valence-corrected chi connectivity index (χ3v) is 3.74. The van der Waals surface area contributed by atoms with Gasteiger partial charge in [0.1, 0.15) is 0 Å². The van der Waals surface area contributed by atoms with E-state index in [2.05, 4.69) is 50.2 Å². The number of hydrogen-bond acceptors (Lipinski definition) is 1. The zero-order valence-corrected chi connectivity index (χ0v) is 12.0. The summed E-state index contributed by atoms with van der Waals surface area (Å²) in [6.45, 7) is 4.18. The van der Waals surface area contributed by atoms with Crippen LogP contribution in [-0.2, 0) is 10.2 Å². The van der Waals surface area contributed by atoms with E-state index in [1.807, 2.05) is 18.2 Å². The van der Waals surface area contributed by atoms with E-state index >= 15 is 0 Å². The Kier molecular flexibility index (Phi) is 4.23. The number of benzene rings is 2. The minimum absolute atomic E-state index is 0.117. The number of carboxylic acid groups (broad SMARTS) is 1. The number of hydrogen-bond donors (Lipinski definition) is 1. The fourth-order valence-electron chi connectivity index (χ4n) is 2.31. The van der Waals surface area contributed by atoms with E-state index in [1.54, 1.807) is 0 Å². The van der Waals surface area contributed by atoms with Gasteiger partial charge in [-0.05, 0) is 28.5 Å². The fourth-order valence-corrected chi connectivity index (χ4v) is 2.31. The van der Waals surface area contributed by atoms with Crippen LogP contribution in [0.25, 0.3) is 11.1 Å². The lowest BCUT2D eigenvalue weighted by molar-refractivity contribution is -0.137. The van der Waals surface area contributed by atoms with Crippen LogP contribution in [0.1, 0.15) is 32.3 Å². The maximum Gasteiger partial charge on any atom is 0.303 e. The largest absolute Gasteiger partial charge is 0.481 e. The van der Waals surface area contributed by atoms with Gasteiger partial charge in [0.2, 0.25) is 0 Å². The molecule has 2 heteroatoms. The van der Waals surface area contributed by atoms with Gasteiger partial charge in [0.05, 0.1) is 0 Å². The number of rotatable bonds is 5. The SMILES string of the molecule is CC(C)(CCC(=O)O)c1ccc(-c2ccccc2)cc1. The minimum atomic E-state index is -0.737. The molecule has 0 spiro atoms. The lowest BCUT2D eigenvalue weighted by atomic mass is 9.80. The highest BCUT2D eigenvalue weighted by atomic mass is 16.4. The van der Waals surface area contributed by atoms with Gasteiger partial charge >= 0.3 is 5.97 Å². The van der Waals surface area contributed by atoms with Gasteiger partial charge in [-0.1, -0.05) is 68.4 Å². The summed E-state index contributed by atoms with van der Waals surface area (Å²) in [4.78, 5) is 10.7. The molecule has 0 fully saturated rings. The third-order valence-electron chi connectivity index (χ3n) is 3.74. The predicted octanol–water partition coefficient (Wildman–Crippen LogP) is 4.50. The van der Waals surface area contributed by atoms with E-state index in [4.69, 9.17) is 5.11 Å². The maximum atomic E-state index is 10.7. The first-order valence-corrected chi connectivity index (χ1v) is 6.87. The quantitative estimate of drug-likeness (QED) is 0.867. The first-order valence-electron chi connectivity index (χ1n) is 6.87. The molecule has 1 N–H and O–H groups in total. The molecule has 0 radical (unpaired) electrons. The average Bonchev–Trinajstić information content (AvgIpc) is 2.46. The van der Waals surface area contributed by atoms with Gasteiger partial charge in [-0.25, -0.2) is 0 Å². The van der Waals surface area contributed by atoms with Gasteiger partial charge in [0.25, 0.3) is 0 Å². The van der Waals surface area contributed by atoms with Gasteiger partial charge in [-0.2, -0.15) is 0 Å². The molecule has 0 aliphatic rings. The summed E-state index contributed by atoms with van der Waals surface area (Å²) in [5.74, 6) is -0.737. The van der Waals surface area contributed by atoms with Crippen LogP contribution in [0, 0.1) is 0 Å². The molecule has 0 heterocycles. The first-order chi connectivity index (χ1) is 9.49. The Morgan fingerprint density at radius 2 is 1.50 bits per heavy atom. The standard InChI is InChI=1S/C18H20O2/c1-18(2,13-12-17(19)20)16-10-8-15(9-11-16)14-6-4-3-5-7-14/h3-11H,12-13H2,1-2H3,(H,19,20). The molecule has 0 aliphatic heterocycles. The molecule has 2 rings (SSSR count). The second kappa shape index (κ2) is 5.91. The Morgan fingerprint density at radius 3 is 2.05 bits per heavy atom. The van der Waals surface area contributed by atoms with Crippen LogP contribution in [-0.4, -0.2) is 11.1 Å². The number of carboxylic acids is 1. The molecule has 0 saturated carbocycles. The normalized spacial score (nSPS) is 11.3. The summed E-state index contributed by atoms with van der Waals surface area (Å²) in [7, 11) is 0. The van der Waals surface area contributed by atoms with Crippen molar-refractivity contribution in [3.05, 3.63) is 60.2 Å². The molecule has 0 amide bonds. The zero-order valence-electron chi connectivity index (χ0n) is 12.0. The van der Waals surface area contributed by atoms with Crippen molar-refractivity contribution in [2.24, 2.45) is 0 Å². The lowest BCUT2D eigenvalue weighted by Crippen LogP contribution is -2.18. The Morgan fingerprint density at radius 1 is 0.950 bits per heavy atom. The van der Waals surface area contributed by atoms with Crippen molar-refractivity contribution in [3.63, 3.8) is 0 Å². The summed E-state index contributed by atoms with van der Waals surface area (Å²) < 4.78 is 0. The summed E-state index contributed by atoms with van der Waals surface area (Å²) in [6.07, 6.45) is 0.848. The van der Waals surface area contributed by atoms with Gasteiger partial charge in [0, 0.05) is 6.42 Å². The number of aliphatic carboxylic acids is 1. The molecule has 2 nitrogen and oxygen atoms in total.